The zero-order valence-electron chi connectivity index (χ0n) is 14.8. The van der Waals surface area contributed by atoms with Crippen LogP contribution in [0.25, 0.3) is 0 Å². The van der Waals surface area contributed by atoms with Crippen LogP contribution < -0.4 is 4.74 Å². The monoisotopic (exact) mass is 344 g/mol. The van der Waals surface area contributed by atoms with Crippen molar-refractivity contribution in [1.29, 1.82) is 0 Å². The van der Waals surface area contributed by atoms with E-state index in [0.717, 1.165) is 35.0 Å². The molecule has 0 saturated carbocycles. The summed E-state index contributed by atoms with van der Waals surface area (Å²) >= 11 is 0. The molecule has 0 amide bonds. The van der Waals surface area contributed by atoms with Crippen LogP contribution in [0.2, 0.25) is 0 Å². The minimum atomic E-state index is -0.341. The fourth-order valence-electron chi connectivity index (χ4n) is 3.73. The van der Waals surface area contributed by atoms with Crippen LogP contribution in [0.4, 0.5) is 0 Å². The fourth-order valence-corrected chi connectivity index (χ4v) is 3.73. The average Bonchev–Trinajstić information content (AvgIpc) is 3.28. The van der Waals surface area contributed by atoms with Gasteiger partial charge in [0.05, 0.1) is 11.8 Å². The molecule has 2 aliphatic heterocycles. The third kappa shape index (κ3) is 2.41. The van der Waals surface area contributed by atoms with Gasteiger partial charge in [0.15, 0.2) is 5.76 Å². The number of hydrogen-bond donors (Lipinski definition) is 0. The molecule has 0 N–H and O–H groups in total. The summed E-state index contributed by atoms with van der Waals surface area (Å²) in [6, 6.07) is 20.9. The summed E-state index contributed by atoms with van der Waals surface area (Å²) in [4.78, 5) is 0. The number of ether oxygens (including phenoxy) is 1. The van der Waals surface area contributed by atoms with Gasteiger partial charge in [-0.2, -0.15) is 5.10 Å². The molecule has 4 heteroatoms. The van der Waals surface area contributed by atoms with E-state index in [1.165, 1.54) is 11.1 Å². The Balaban J connectivity index is 1.59. The van der Waals surface area contributed by atoms with Gasteiger partial charge in [0, 0.05) is 12.0 Å². The number of rotatable bonds is 2. The van der Waals surface area contributed by atoms with Crippen LogP contribution in [0.3, 0.4) is 0 Å². The number of aryl methyl sites for hydroxylation is 2. The van der Waals surface area contributed by atoms with E-state index in [0.29, 0.717) is 0 Å². The maximum Gasteiger partial charge on any atom is 0.246 e. The molecule has 0 aliphatic carbocycles. The summed E-state index contributed by atoms with van der Waals surface area (Å²) in [5, 5.41) is 6.99. The molecule has 5 rings (SSSR count). The van der Waals surface area contributed by atoms with Crippen LogP contribution in [-0.4, -0.2) is 10.7 Å². The molecular formula is C22H20N2O2. The molecule has 4 nitrogen and oxygen atoms in total. The molecule has 0 unspecified atom stereocenters. The zero-order chi connectivity index (χ0) is 17.7. The van der Waals surface area contributed by atoms with Crippen molar-refractivity contribution in [3.63, 3.8) is 0 Å². The number of furan rings is 1. The lowest BCUT2D eigenvalue weighted by molar-refractivity contribution is -0.0329. The number of fused-ring (bicyclic) bond motifs is 3. The van der Waals surface area contributed by atoms with Gasteiger partial charge in [-0.3, -0.25) is 0 Å². The first kappa shape index (κ1) is 15.3. The van der Waals surface area contributed by atoms with Crippen LogP contribution in [0.5, 0.6) is 5.75 Å². The van der Waals surface area contributed by atoms with Crippen molar-refractivity contribution in [1.82, 2.24) is 5.01 Å². The molecule has 3 heterocycles. The van der Waals surface area contributed by atoms with E-state index < -0.39 is 0 Å². The van der Waals surface area contributed by atoms with Crippen molar-refractivity contribution < 1.29 is 9.15 Å². The maximum absolute atomic E-state index is 6.27. The molecule has 2 aromatic carbocycles. The van der Waals surface area contributed by atoms with E-state index in [9.17, 15) is 0 Å². The second-order valence-corrected chi connectivity index (χ2v) is 6.97. The van der Waals surface area contributed by atoms with Crippen molar-refractivity contribution >= 4 is 5.71 Å². The lowest BCUT2D eigenvalue weighted by atomic mass is 9.96. The predicted molar refractivity (Wildman–Crippen MR) is 100 cm³/mol. The molecule has 26 heavy (non-hydrogen) atoms. The Morgan fingerprint density at radius 2 is 1.77 bits per heavy atom. The quantitative estimate of drug-likeness (QED) is 0.646. The minimum Gasteiger partial charge on any atom is -0.461 e. The number of hydrazone groups is 1. The Labute approximate surface area is 152 Å². The molecule has 0 fully saturated rings. The Bertz CT molecular complexity index is 987. The summed E-state index contributed by atoms with van der Waals surface area (Å²) in [5.41, 5.74) is 4.68. The molecule has 0 radical (unpaired) electrons. The number of benzene rings is 2. The van der Waals surface area contributed by atoms with E-state index in [-0.39, 0.29) is 12.3 Å². The summed E-state index contributed by atoms with van der Waals surface area (Å²) in [5.74, 6) is 2.57. The van der Waals surface area contributed by atoms with Gasteiger partial charge in [0.25, 0.3) is 0 Å². The number of nitrogens with zero attached hydrogens (tertiary/aromatic N) is 2. The van der Waals surface area contributed by atoms with Gasteiger partial charge in [-0.1, -0.05) is 48.0 Å². The van der Waals surface area contributed by atoms with Crippen LogP contribution in [-0.2, 0) is 0 Å². The average molecular weight is 344 g/mol. The standard InChI is InChI=1S/C22H20N2O2/c1-14-7-10-16(11-8-14)18-13-19-17-5-3-4-6-20(17)26-22(24(19)23-18)21-12-9-15(2)25-21/h3-12,19,22H,13H2,1-2H3/t19-,22-/m0/s1. The first-order chi connectivity index (χ1) is 12.7. The molecule has 1 aromatic heterocycles. The summed E-state index contributed by atoms with van der Waals surface area (Å²) in [6.45, 7) is 4.05. The van der Waals surface area contributed by atoms with Gasteiger partial charge >= 0.3 is 0 Å². The predicted octanol–water partition coefficient (Wildman–Crippen LogP) is 5.14. The number of para-hydroxylation sites is 1. The highest BCUT2D eigenvalue weighted by molar-refractivity contribution is 6.02. The van der Waals surface area contributed by atoms with Crippen LogP contribution in [0, 0.1) is 13.8 Å². The van der Waals surface area contributed by atoms with E-state index in [1.54, 1.807) is 0 Å². The van der Waals surface area contributed by atoms with E-state index in [2.05, 4.69) is 48.3 Å². The van der Waals surface area contributed by atoms with Gasteiger partial charge in [0.2, 0.25) is 6.23 Å². The van der Waals surface area contributed by atoms with Gasteiger partial charge in [-0.25, -0.2) is 5.01 Å². The summed E-state index contributed by atoms with van der Waals surface area (Å²) in [7, 11) is 0. The van der Waals surface area contributed by atoms with Crippen molar-refractivity contribution in [2.24, 2.45) is 5.10 Å². The SMILES string of the molecule is Cc1ccc(C2=NN3[C@@H](C2)c2ccccc2O[C@H]3c2ccc(C)o2)cc1. The highest BCUT2D eigenvalue weighted by Gasteiger charge is 2.42. The van der Waals surface area contributed by atoms with Crippen LogP contribution in [0.15, 0.2) is 70.2 Å². The van der Waals surface area contributed by atoms with Crippen molar-refractivity contribution in [3.05, 3.63) is 88.9 Å². The molecule has 0 spiro atoms. The highest BCUT2D eigenvalue weighted by Crippen LogP contribution is 2.47. The van der Waals surface area contributed by atoms with Gasteiger partial charge < -0.3 is 9.15 Å². The Kier molecular flexibility index (Phi) is 3.38. The Hall–Kier alpha value is -3.01. The van der Waals surface area contributed by atoms with E-state index in [1.807, 2.05) is 31.2 Å². The Morgan fingerprint density at radius 3 is 2.54 bits per heavy atom. The van der Waals surface area contributed by atoms with Gasteiger partial charge in [-0.05, 0) is 37.6 Å². The summed E-state index contributed by atoms with van der Waals surface area (Å²) < 4.78 is 12.1. The van der Waals surface area contributed by atoms with Crippen molar-refractivity contribution in [2.45, 2.75) is 32.5 Å². The fraction of sp³-hybridized carbons (Fsp3) is 0.227. The third-order valence-electron chi connectivity index (χ3n) is 5.09. The molecule has 2 aliphatic rings. The smallest absolute Gasteiger partial charge is 0.246 e. The molecule has 3 aromatic rings. The summed E-state index contributed by atoms with van der Waals surface area (Å²) in [6.07, 6.45) is 0.520. The van der Waals surface area contributed by atoms with Gasteiger partial charge in [0.1, 0.15) is 11.5 Å². The Morgan fingerprint density at radius 1 is 0.962 bits per heavy atom. The second-order valence-electron chi connectivity index (χ2n) is 6.97. The van der Waals surface area contributed by atoms with Crippen LogP contribution in [0.1, 0.15) is 46.9 Å². The van der Waals surface area contributed by atoms with Crippen molar-refractivity contribution in [2.75, 3.05) is 0 Å². The molecule has 130 valence electrons. The number of hydrogen-bond acceptors (Lipinski definition) is 4. The molecule has 2 atom stereocenters. The zero-order valence-corrected chi connectivity index (χ0v) is 14.8. The van der Waals surface area contributed by atoms with E-state index in [4.69, 9.17) is 14.3 Å². The third-order valence-corrected chi connectivity index (χ3v) is 5.09. The largest absolute Gasteiger partial charge is 0.461 e. The second kappa shape index (κ2) is 5.77. The normalized spacial score (nSPS) is 21.0. The lowest BCUT2D eigenvalue weighted by Gasteiger charge is -2.36. The van der Waals surface area contributed by atoms with E-state index >= 15 is 0 Å². The van der Waals surface area contributed by atoms with Crippen molar-refractivity contribution in [3.8, 4) is 5.75 Å². The van der Waals surface area contributed by atoms with Gasteiger partial charge in [-0.15, -0.1) is 0 Å². The highest BCUT2D eigenvalue weighted by atomic mass is 16.5. The molecular weight excluding hydrogens is 324 g/mol. The molecule has 0 saturated heterocycles. The van der Waals surface area contributed by atoms with Crippen LogP contribution >= 0.6 is 0 Å². The topological polar surface area (TPSA) is 38.0 Å². The first-order valence-electron chi connectivity index (χ1n) is 8.94. The lowest BCUT2D eigenvalue weighted by Crippen LogP contribution is -2.33. The maximum atomic E-state index is 6.27. The first-order valence-corrected chi connectivity index (χ1v) is 8.94. The molecule has 0 bridgehead atoms. The minimum absolute atomic E-state index is 0.159.